The number of aromatic nitrogens is 1. The summed E-state index contributed by atoms with van der Waals surface area (Å²) in [5, 5.41) is 4.97. The summed E-state index contributed by atoms with van der Waals surface area (Å²) < 4.78 is 42.5. The van der Waals surface area contributed by atoms with Crippen LogP contribution in [0.3, 0.4) is 0 Å². The fraction of sp³-hybridized carbons (Fsp3) is 0.353. The van der Waals surface area contributed by atoms with Gasteiger partial charge in [0.2, 0.25) is 11.8 Å². The molecule has 0 bridgehead atoms. The highest BCUT2D eigenvalue weighted by atomic mass is 35.5. The van der Waals surface area contributed by atoms with Gasteiger partial charge < -0.3 is 15.0 Å². The minimum absolute atomic E-state index is 0.256. The molecule has 0 saturated carbocycles. The summed E-state index contributed by atoms with van der Waals surface area (Å²) in [7, 11) is 1.50. The number of anilines is 1. The number of methoxy groups -OCH3 is 1. The zero-order valence-electron chi connectivity index (χ0n) is 14.5. The van der Waals surface area contributed by atoms with Crippen LogP contribution in [0.25, 0.3) is 11.3 Å². The quantitative estimate of drug-likeness (QED) is 0.778. The average molecular weight is 434 g/mol. The molecule has 1 aromatic heterocycles. The van der Waals surface area contributed by atoms with E-state index in [2.05, 4.69) is 10.3 Å². The molecule has 0 radical (unpaired) electrons. The van der Waals surface area contributed by atoms with Crippen molar-refractivity contribution in [2.75, 3.05) is 25.5 Å². The van der Waals surface area contributed by atoms with E-state index < -0.39 is 30.5 Å². The molecule has 1 N–H and O–H groups in total. The summed E-state index contributed by atoms with van der Waals surface area (Å²) in [6.07, 6.45) is -4.75. The molecule has 1 unspecified atom stereocenters. The molecule has 150 valence electrons. The number of nitrogens with zero attached hydrogens (tertiary/aromatic N) is 2. The van der Waals surface area contributed by atoms with Gasteiger partial charge in [0.15, 0.2) is 5.13 Å². The first-order valence-corrected chi connectivity index (χ1v) is 9.37. The van der Waals surface area contributed by atoms with Gasteiger partial charge in [0.05, 0.1) is 23.7 Å². The van der Waals surface area contributed by atoms with Gasteiger partial charge in [0, 0.05) is 23.9 Å². The van der Waals surface area contributed by atoms with Gasteiger partial charge in [-0.15, -0.1) is 11.3 Å². The van der Waals surface area contributed by atoms with Crippen LogP contribution in [0.15, 0.2) is 23.6 Å². The van der Waals surface area contributed by atoms with E-state index in [9.17, 15) is 22.8 Å². The van der Waals surface area contributed by atoms with Crippen LogP contribution in [-0.2, 0) is 9.59 Å². The van der Waals surface area contributed by atoms with Crippen molar-refractivity contribution in [3.05, 3.63) is 28.6 Å². The number of alkyl halides is 3. The van der Waals surface area contributed by atoms with Gasteiger partial charge in [-0.25, -0.2) is 4.98 Å². The summed E-state index contributed by atoms with van der Waals surface area (Å²) in [4.78, 5) is 29.0. The number of carbonyl (C=O) groups is 2. The number of amides is 2. The highest BCUT2D eigenvalue weighted by Crippen LogP contribution is 2.32. The maximum Gasteiger partial charge on any atom is 0.406 e. The number of thiazole rings is 1. The molecule has 0 aliphatic carbocycles. The first-order valence-electron chi connectivity index (χ1n) is 8.11. The normalized spacial score (nSPS) is 17.1. The molecule has 3 rings (SSSR count). The van der Waals surface area contributed by atoms with Gasteiger partial charge in [0.25, 0.3) is 0 Å². The van der Waals surface area contributed by atoms with E-state index in [0.717, 1.165) is 16.9 Å². The maximum absolute atomic E-state index is 12.5. The van der Waals surface area contributed by atoms with Gasteiger partial charge in [-0.2, -0.15) is 13.2 Å². The molecule has 1 saturated heterocycles. The standard InChI is InChI=1S/C17H15ClF3N3O3S/c1-27-13-3-2-9(4-11(13)18)12-7-28-16(22-12)23-15(26)10-5-14(25)24(6-10)8-17(19,20)21/h2-4,7,10H,5-6,8H2,1H3,(H,22,23,26). The number of rotatable bonds is 5. The summed E-state index contributed by atoms with van der Waals surface area (Å²) >= 11 is 7.26. The molecule has 1 atom stereocenters. The molecular formula is C17H15ClF3N3O3S. The lowest BCUT2D eigenvalue weighted by atomic mass is 10.1. The molecule has 0 spiro atoms. The third kappa shape index (κ3) is 4.74. The third-order valence-electron chi connectivity index (χ3n) is 4.14. The minimum atomic E-state index is -4.50. The van der Waals surface area contributed by atoms with Crippen molar-refractivity contribution >= 4 is 39.9 Å². The van der Waals surface area contributed by atoms with Crippen LogP contribution in [-0.4, -0.2) is 48.1 Å². The first-order chi connectivity index (χ1) is 13.2. The zero-order valence-corrected chi connectivity index (χ0v) is 16.1. The van der Waals surface area contributed by atoms with Gasteiger partial charge in [-0.1, -0.05) is 11.6 Å². The second-order valence-corrected chi connectivity index (χ2v) is 7.43. The van der Waals surface area contributed by atoms with Crippen molar-refractivity contribution in [2.45, 2.75) is 12.6 Å². The fourth-order valence-corrected chi connectivity index (χ4v) is 3.79. The molecule has 1 aliphatic heterocycles. The third-order valence-corrected chi connectivity index (χ3v) is 5.19. The van der Waals surface area contributed by atoms with Crippen molar-refractivity contribution in [2.24, 2.45) is 5.92 Å². The Morgan fingerprint density at radius 3 is 2.86 bits per heavy atom. The number of hydrogen-bond acceptors (Lipinski definition) is 5. The topological polar surface area (TPSA) is 71.5 Å². The largest absolute Gasteiger partial charge is 0.495 e. The summed E-state index contributed by atoms with van der Waals surface area (Å²) in [6.45, 7) is -1.62. The fourth-order valence-electron chi connectivity index (χ4n) is 2.81. The van der Waals surface area contributed by atoms with Crippen LogP contribution >= 0.6 is 22.9 Å². The van der Waals surface area contributed by atoms with E-state index >= 15 is 0 Å². The van der Waals surface area contributed by atoms with E-state index in [-0.39, 0.29) is 18.1 Å². The Bertz CT molecular complexity index is 903. The van der Waals surface area contributed by atoms with Crippen molar-refractivity contribution in [3.63, 3.8) is 0 Å². The Labute approximate surface area is 167 Å². The SMILES string of the molecule is COc1ccc(-c2csc(NC(=O)C3CC(=O)N(CC(F)(F)F)C3)n2)cc1Cl. The molecule has 11 heteroatoms. The molecule has 2 heterocycles. The Hall–Kier alpha value is -2.33. The molecule has 28 heavy (non-hydrogen) atoms. The Kier molecular flexibility index (Phi) is 5.80. The number of likely N-dealkylation sites (tertiary alicyclic amines) is 1. The number of benzene rings is 1. The maximum atomic E-state index is 12.5. The van der Waals surface area contributed by atoms with Crippen LogP contribution in [0.4, 0.5) is 18.3 Å². The number of nitrogens with one attached hydrogen (secondary N) is 1. The van der Waals surface area contributed by atoms with Gasteiger partial charge >= 0.3 is 6.18 Å². The first kappa shape index (κ1) is 20.4. The van der Waals surface area contributed by atoms with Crippen LogP contribution < -0.4 is 10.1 Å². The monoisotopic (exact) mass is 433 g/mol. The molecule has 2 amide bonds. The lowest BCUT2D eigenvalue weighted by Crippen LogP contribution is -2.36. The zero-order chi connectivity index (χ0) is 20.5. The number of ether oxygens (including phenoxy) is 1. The molecule has 1 fully saturated rings. The lowest BCUT2D eigenvalue weighted by molar-refractivity contribution is -0.157. The predicted octanol–water partition coefficient (Wildman–Crippen LogP) is 3.82. The number of halogens is 4. The highest BCUT2D eigenvalue weighted by Gasteiger charge is 2.40. The van der Waals surface area contributed by atoms with E-state index in [1.807, 2.05) is 0 Å². The second-order valence-electron chi connectivity index (χ2n) is 6.17. The Morgan fingerprint density at radius 2 is 2.21 bits per heavy atom. The van der Waals surface area contributed by atoms with E-state index in [1.54, 1.807) is 23.6 Å². The number of hydrogen-bond donors (Lipinski definition) is 1. The van der Waals surface area contributed by atoms with Crippen molar-refractivity contribution in [1.82, 2.24) is 9.88 Å². The smallest absolute Gasteiger partial charge is 0.406 e. The van der Waals surface area contributed by atoms with Crippen LogP contribution in [0.1, 0.15) is 6.42 Å². The van der Waals surface area contributed by atoms with Crippen LogP contribution in [0.2, 0.25) is 5.02 Å². The molecule has 6 nitrogen and oxygen atoms in total. The second kappa shape index (κ2) is 7.96. The van der Waals surface area contributed by atoms with Gasteiger partial charge in [0.1, 0.15) is 12.3 Å². The molecule has 1 aliphatic rings. The van der Waals surface area contributed by atoms with Crippen molar-refractivity contribution < 1.29 is 27.5 Å². The lowest BCUT2D eigenvalue weighted by Gasteiger charge is -2.18. The molecule has 2 aromatic rings. The van der Waals surface area contributed by atoms with Crippen molar-refractivity contribution in [3.8, 4) is 17.0 Å². The Morgan fingerprint density at radius 1 is 1.46 bits per heavy atom. The number of carbonyl (C=O) groups excluding carboxylic acids is 2. The Balaban J connectivity index is 1.64. The summed E-state index contributed by atoms with van der Waals surface area (Å²) in [6, 6.07) is 5.12. The van der Waals surface area contributed by atoms with E-state index in [4.69, 9.17) is 16.3 Å². The summed E-state index contributed by atoms with van der Waals surface area (Å²) in [5.41, 5.74) is 1.29. The van der Waals surface area contributed by atoms with E-state index in [0.29, 0.717) is 21.4 Å². The predicted molar refractivity (Wildman–Crippen MR) is 98.5 cm³/mol. The van der Waals surface area contributed by atoms with Crippen molar-refractivity contribution in [1.29, 1.82) is 0 Å². The highest BCUT2D eigenvalue weighted by molar-refractivity contribution is 7.14. The average Bonchev–Trinajstić information content (AvgIpc) is 3.21. The van der Waals surface area contributed by atoms with Crippen LogP contribution in [0.5, 0.6) is 5.75 Å². The molecule has 1 aromatic carbocycles. The van der Waals surface area contributed by atoms with Crippen LogP contribution in [0, 0.1) is 5.92 Å². The minimum Gasteiger partial charge on any atom is -0.495 e. The summed E-state index contributed by atoms with van der Waals surface area (Å²) in [5.74, 6) is -1.56. The van der Waals surface area contributed by atoms with Gasteiger partial charge in [-0.05, 0) is 18.2 Å². The molecular weight excluding hydrogens is 419 g/mol. The van der Waals surface area contributed by atoms with E-state index in [1.165, 1.54) is 7.11 Å². The van der Waals surface area contributed by atoms with Gasteiger partial charge in [-0.3, -0.25) is 9.59 Å².